The summed E-state index contributed by atoms with van der Waals surface area (Å²) in [7, 11) is 0. The predicted molar refractivity (Wildman–Crippen MR) is 31.7 cm³/mol. The van der Waals surface area contributed by atoms with Gasteiger partial charge in [-0.05, 0) is 13.1 Å². The number of hydrogen-bond acceptors (Lipinski definition) is 2. The topological polar surface area (TPSA) is 53.0 Å². The molecule has 0 aromatic heterocycles. The van der Waals surface area contributed by atoms with E-state index in [1.807, 2.05) is 0 Å². The van der Waals surface area contributed by atoms with E-state index in [9.17, 15) is 4.79 Å². The predicted octanol–water partition coefficient (Wildman–Crippen LogP) is 0.286. The van der Waals surface area contributed by atoms with Crippen LogP contribution in [0.5, 0.6) is 0 Å². The first-order valence-corrected chi connectivity index (χ1v) is 2.15. The van der Waals surface area contributed by atoms with Crippen molar-refractivity contribution < 1.29 is 4.79 Å². The monoisotopic (exact) mass is 112 g/mol. The van der Waals surface area contributed by atoms with Crippen molar-refractivity contribution in [3.8, 4) is 0 Å². The van der Waals surface area contributed by atoms with Gasteiger partial charge in [0.05, 0.1) is 5.71 Å². The molecule has 0 aromatic carbocycles. The van der Waals surface area contributed by atoms with Crippen LogP contribution in [0.3, 0.4) is 0 Å². The van der Waals surface area contributed by atoms with E-state index in [0.29, 0.717) is 0 Å². The highest BCUT2D eigenvalue weighted by atomic mass is 16.1. The summed E-state index contributed by atoms with van der Waals surface area (Å²) in [6.07, 6.45) is 1.25. The third-order valence-corrected chi connectivity index (χ3v) is 0.574. The molecule has 2 N–H and O–H groups in total. The highest BCUT2D eigenvalue weighted by Gasteiger charge is 1.96. The molecule has 0 aliphatic rings. The van der Waals surface area contributed by atoms with E-state index in [-0.39, 0.29) is 5.71 Å². The Bertz CT molecular complexity index is 128. The molecule has 0 saturated carbocycles. The summed E-state index contributed by atoms with van der Waals surface area (Å²) in [5.41, 5.74) is -0.00935. The Morgan fingerprint density at radius 3 is 2.50 bits per heavy atom. The fourth-order valence-corrected chi connectivity index (χ4v) is 0.201. The van der Waals surface area contributed by atoms with Crippen molar-refractivity contribution in [2.45, 2.75) is 6.92 Å². The molecule has 0 bridgehead atoms. The van der Waals surface area contributed by atoms with Crippen LogP contribution in [0.2, 0.25) is 0 Å². The Kier molecular flexibility index (Phi) is 2.54. The largest absolute Gasteiger partial charge is 0.328 e. The first-order chi connectivity index (χ1) is 3.68. The zero-order valence-corrected chi connectivity index (χ0v) is 4.69. The second kappa shape index (κ2) is 2.96. The van der Waals surface area contributed by atoms with E-state index in [0.717, 1.165) is 0 Å². The molecule has 44 valence electrons. The Labute approximate surface area is 47.9 Å². The highest BCUT2D eigenvalue weighted by molar-refractivity contribution is 6.36. The zero-order chi connectivity index (χ0) is 6.57. The summed E-state index contributed by atoms with van der Waals surface area (Å²) in [6.45, 7) is 4.67. The number of nitrogens with one attached hydrogen (secondary N) is 2. The molecule has 1 amide bonds. The average molecular weight is 112 g/mol. The summed E-state index contributed by atoms with van der Waals surface area (Å²) in [6, 6.07) is 0. The van der Waals surface area contributed by atoms with Gasteiger partial charge in [0.15, 0.2) is 0 Å². The molecular formula is C5H8N2O. The molecule has 3 nitrogen and oxygen atoms in total. The van der Waals surface area contributed by atoms with Gasteiger partial charge in [-0.15, -0.1) is 0 Å². The molecule has 3 heteroatoms. The molecule has 0 rings (SSSR count). The molecule has 0 aromatic rings. The zero-order valence-electron chi connectivity index (χ0n) is 4.69. The second-order valence-electron chi connectivity index (χ2n) is 1.30. The smallest absolute Gasteiger partial charge is 0.268 e. The van der Waals surface area contributed by atoms with Crippen molar-refractivity contribution in [3.05, 3.63) is 12.8 Å². The van der Waals surface area contributed by atoms with Gasteiger partial charge in [-0.2, -0.15) is 0 Å². The molecule has 0 aliphatic carbocycles. The van der Waals surface area contributed by atoms with E-state index < -0.39 is 5.91 Å². The van der Waals surface area contributed by atoms with E-state index in [2.05, 4.69) is 11.9 Å². The fraction of sp³-hybridized carbons (Fsp3) is 0.200. The highest BCUT2D eigenvalue weighted by Crippen LogP contribution is 1.67. The third-order valence-electron chi connectivity index (χ3n) is 0.574. The SMILES string of the molecule is C=CNC(=O)C(C)=N. The molecule has 0 saturated heterocycles. The lowest BCUT2D eigenvalue weighted by Crippen LogP contribution is -2.23. The van der Waals surface area contributed by atoms with Crippen LogP contribution in [0.15, 0.2) is 12.8 Å². The molecule has 0 fully saturated rings. The van der Waals surface area contributed by atoms with Crippen LogP contribution < -0.4 is 5.32 Å². The Hall–Kier alpha value is -1.12. The van der Waals surface area contributed by atoms with E-state index in [4.69, 9.17) is 5.41 Å². The normalized spacial score (nSPS) is 7.62. The second-order valence-corrected chi connectivity index (χ2v) is 1.30. The van der Waals surface area contributed by atoms with Gasteiger partial charge in [0.2, 0.25) is 0 Å². The Morgan fingerprint density at radius 2 is 2.38 bits per heavy atom. The van der Waals surface area contributed by atoms with Crippen LogP contribution in [0, 0.1) is 5.41 Å². The average Bonchev–Trinajstić information content (AvgIpc) is 1.67. The standard InChI is InChI=1S/C5H8N2O/c1-3-7-5(8)4(2)6/h3,6H,1H2,2H3,(H,7,8). The van der Waals surface area contributed by atoms with Gasteiger partial charge in [0.25, 0.3) is 5.91 Å². The third kappa shape index (κ3) is 2.12. The van der Waals surface area contributed by atoms with Gasteiger partial charge in [0.1, 0.15) is 0 Å². The van der Waals surface area contributed by atoms with E-state index >= 15 is 0 Å². The van der Waals surface area contributed by atoms with Crippen molar-refractivity contribution in [1.29, 1.82) is 5.41 Å². The maximum absolute atomic E-state index is 10.3. The van der Waals surface area contributed by atoms with Crippen molar-refractivity contribution >= 4 is 11.6 Å². The lowest BCUT2D eigenvalue weighted by atomic mass is 10.4. The van der Waals surface area contributed by atoms with Gasteiger partial charge < -0.3 is 5.32 Å². The van der Waals surface area contributed by atoms with E-state index in [1.165, 1.54) is 13.1 Å². The van der Waals surface area contributed by atoms with Crippen LogP contribution in [0.25, 0.3) is 0 Å². The maximum atomic E-state index is 10.3. The molecule has 0 radical (unpaired) electrons. The molecular weight excluding hydrogens is 104 g/mol. The van der Waals surface area contributed by atoms with Crippen LogP contribution in [0.1, 0.15) is 6.92 Å². The van der Waals surface area contributed by atoms with Crippen molar-refractivity contribution in [3.63, 3.8) is 0 Å². The summed E-state index contributed by atoms with van der Waals surface area (Å²) in [4.78, 5) is 10.3. The lowest BCUT2D eigenvalue weighted by molar-refractivity contribution is -0.114. The van der Waals surface area contributed by atoms with Gasteiger partial charge in [-0.3, -0.25) is 10.2 Å². The molecule has 0 atom stereocenters. The van der Waals surface area contributed by atoms with Gasteiger partial charge in [-0.25, -0.2) is 0 Å². The van der Waals surface area contributed by atoms with Gasteiger partial charge >= 0.3 is 0 Å². The van der Waals surface area contributed by atoms with Gasteiger partial charge in [-0.1, -0.05) is 6.58 Å². The number of rotatable bonds is 2. The minimum atomic E-state index is -0.403. The first-order valence-electron chi connectivity index (χ1n) is 2.15. The van der Waals surface area contributed by atoms with Crippen molar-refractivity contribution in [1.82, 2.24) is 5.32 Å². The quantitative estimate of drug-likeness (QED) is 0.495. The number of carbonyl (C=O) groups is 1. The van der Waals surface area contributed by atoms with Crippen LogP contribution in [-0.4, -0.2) is 11.6 Å². The molecule has 0 heterocycles. The molecule has 0 aliphatic heterocycles. The number of carbonyl (C=O) groups excluding carboxylic acids is 1. The first kappa shape index (κ1) is 6.88. The molecule has 0 spiro atoms. The maximum Gasteiger partial charge on any atom is 0.268 e. The number of hydrogen-bond donors (Lipinski definition) is 2. The fourth-order valence-electron chi connectivity index (χ4n) is 0.201. The van der Waals surface area contributed by atoms with E-state index in [1.54, 1.807) is 0 Å². The summed E-state index contributed by atoms with van der Waals surface area (Å²) in [5, 5.41) is 8.99. The Balaban J connectivity index is 3.65. The summed E-state index contributed by atoms with van der Waals surface area (Å²) >= 11 is 0. The van der Waals surface area contributed by atoms with Gasteiger partial charge in [0, 0.05) is 0 Å². The van der Waals surface area contributed by atoms with Crippen LogP contribution >= 0.6 is 0 Å². The lowest BCUT2D eigenvalue weighted by Gasteiger charge is -1.91. The molecule has 8 heavy (non-hydrogen) atoms. The number of amides is 1. The van der Waals surface area contributed by atoms with Crippen LogP contribution in [0.4, 0.5) is 0 Å². The van der Waals surface area contributed by atoms with Crippen molar-refractivity contribution in [2.24, 2.45) is 0 Å². The molecule has 0 unspecified atom stereocenters. The van der Waals surface area contributed by atoms with Crippen molar-refractivity contribution in [2.75, 3.05) is 0 Å². The minimum Gasteiger partial charge on any atom is -0.328 e. The summed E-state index contributed by atoms with van der Waals surface area (Å²) < 4.78 is 0. The minimum absolute atomic E-state index is 0.00935. The van der Waals surface area contributed by atoms with Crippen LogP contribution in [-0.2, 0) is 4.79 Å². The Morgan fingerprint density at radius 1 is 1.88 bits per heavy atom. The summed E-state index contributed by atoms with van der Waals surface area (Å²) in [5.74, 6) is -0.403.